The first-order chi connectivity index (χ1) is 6.20. The molecule has 0 aromatic heterocycles. The van der Waals surface area contributed by atoms with Gasteiger partial charge in [0, 0.05) is 0 Å². The van der Waals surface area contributed by atoms with Gasteiger partial charge in [0.15, 0.2) is 12.4 Å². The number of rotatable bonds is 4. The van der Waals surface area contributed by atoms with E-state index in [1.165, 1.54) is 0 Å². The summed E-state index contributed by atoms with van der Waals surface area (Å²) in [5.41, 5.74) is 0.524. The molecule has 0 saturated heterocycles. The normalized spacial score (nSPS) is 9.31. The minimum absolute atomic E-state index is 0.0659. The van der Waals surface area contributed by atoms with Crippen LogP contribution in [0.15, 0.2) is 42.5 Å². The van der Waals surface area contributed by atoms with Gasteiger partial charge in [-0.25, -0.2) is 0 Å². The first-order valence-corrected chi connectivity index (χ1v) is 4.06. The SMILES string of the molecule is C=C(C)C(=O)COc1ccccc1. The number of Topliss-reactive ketones (excluding diaryl/α,β-unsaturated/α-hetero) is 1. The zero-order valence-electron chi connectivity index (χ0n) is 7.62. The molecule has 0 atom stereocenters. The Morgan fingerprint density at radius 2 is 2.00 bits per heavy atom. The second kappa shape index (κ2) is 4.45. The molecular formula is C11H12O2. The minimum atomic E-state index is -0.0659. The summed E-state index contributed by atoms with van der Waals surface area (Å²) in [5, 5.41) is 0. The molecule has 1 aromatic rings. The number of hydrogen-bond donors (Lipinski definition) is 0. The molecule has 2 nitrogen and oxygen atoms in total. The van der Waals surface area contributed by atoms with E-state index in [1.54, 1.807) is 6.92 Å². The molecule has 0 aliphatic rings. The zero-order valence-corrected chi connectivity index (χ0v) is 7.62. The molecule has 0 saturated carbocycles. The number of benzene rings is 1. The van der Waals surface area contributed by atoms with Gasteiger partial charge in [0.05, 0.1) is 0 Å². The Morgan fingerprint density at radius 3 is 2.54 bits per heavy atom. The molecule has 0 amide bonds. The van der Waals surface area contributed by atoms with Gasteiger partial charge in [-0.3, -0.25) is 4.79 Å². The monoisotopic (exact) mass is 176 g/mol. The van der Waals surface area contributed by atoms with E-state index in [-0.39, 0.29) is 12.4 Å². The van der Waals surface area contributed by atoms with Crippen molar-refractivity contribution < 1.29 is 9.53 Å². The molecule has 13 heavy (non-hydrogen) atoms. The summed E-state index contributed by atoms with van der Waals surface area (Å²) >= 11 is 0. The summed E-state index contributed by atoms with van der Waals surface area (Å²) in [4.78, 5) is 11.1. The standard InChI is InChI=1S/C11H12O2/c1-9(2)11(12)8-13-10-6-4-3-5-7-10/h3-7H,1,8H2,2H3. The third-order valence-corrected chi connectivity index (χ3v) is 1.59. The van der Waals surface area contributed by atoms with E-state index in [0.29, 0.717) is 11.3 Å². The summed E-state index contributed by atoms with van der Waals surface area (Å²) in [6.07, 6.45) is 0. The number of carbonyl (C=O) groups is 1. The lowest BCUT2D eigenvalue weighted by Gasteiger charge is -2.03. The molecule has 0 heterocycles. The van der Waals surface area contributed by atoms with Gasteiger partial charge in [-0.2, -0.15) is 0 Å². The maximum atomic E-state index is 11.1. The van der Waals surface area contributed by atoms with E-state index in [1.807, 2.05) is 30.3 Å². The lowest BCUT2D eigenvalue weighted by Crippen LogP contribution is -2.11. The van der Waals surface area contributed by atoms with E-state index in [0.717, 1.165) is 0 Å². The maximum Gasteiger partial charge on any atom is 0.195 e. The van der Waals surface area contributed by atoms with Crippen LogP contribution in [0.5, 0.6) is 5.75 Å². The van der Waals surface area contributed by atoms with Crippen LogP contribution in [0.1, 0.15) is 6.92 Å². The van der Waals surface area contributed by atoms with Gasteiger partial charge >= 0.3 is 0 Å². The predicted octanol–water partition coefficient (Wildman–Crippen LogP) is 2.21. The fourth-order valence-electron chi connectivity index (χ4n) is 0.789. The van der Waals surface area contributed by atoms with E-state index < -0.39 is 0 Å². The molecule has 0 aliphatic heterocycles. The molecule has 1 aromatic carbocycles. The van der Waals surface area contributed by atoms with Gasteiger partial charge in [-0.15, -0.1) is 0 Å². The van der Waals surface area contributed by atoms with Crippen molar-refractivity contribution >= 4 is 5.78 Å². The van der Waals surface area contributed by atoms with E-state index in [9.17, 15) is 4.79 Å². The maximum absolute atomic E-state index is 11.1. The van der Waals surface area contributed by atoms with Gasteiger partial charge in [0.1, 0.15) is 5.75 Å². The summed E-state index contributed by atoms with van der Waals surface area (Å²) < 4.78 is 5.22. The quantitative estimate of drug-likeness (QED) is 0.657. The second-order valence-electron chi connectivity index (χ2n) is 2.81. The van der Waals surface area contributed by atoms with Crippen LogP contribution < -0.4 is 4.74 Å². The van der Waals surface area contributed by atoms with Crippen LogP contribution in [0.25, 0.3) is 0 Å². The topological polar surface area (TPSA) is 26.3 Å². The number of ketones is 1. The first kappa shape index (κ1) is 9.52. The average Bonchev–Trinajstić information content (AvgIpc) is 2.15. The Kier molecular flexibility index (Phi) is 3.26. The van der Waals surface area contributed by atoms with Crippen LogP contribution in [0.2, 0.25) is 0 Å². The number of hydrogen-bond acceptors (Lipinski definition) is 2. The minimum Gasteiger partial charge on any atom is -0.485 e. The van der Waals surface area contributed by atoms with Crippen molar-refractivity contribution in [3.8, 4) is 5.75 Å². The van der Waals surface area contributed by atoms with Gasteiger partial charge in [0.2, 0.25) is 0 Å². The van der Waals surface area contributed by atoms with Crippen LogP contribution in [0, 0.1) is 0 Å². The largest absolute Gasteiger partial charge is 0.485 e. The molecule has 0 unspecified atom stereocenters. The van der Waals surface area contributed by atoms with Crippen LogP contribution >= 0.6 is 0 Å². The Labute approximate surface area is 77.8 Å². The average molecular weight is 176 g/mol. The zero-order chi connectivity index (χ0) is 9.68. The fourth-order valence-corrected chi connectivity index (χ4v) is 0.789. The van der Waals surface area contributed by atoms with Crippen LogP contribution in [-0.4, -0.2) is 12.4 Å². The molecule has 0 N–H and O–H groups in total. The molecular weight excluding hydrogens is 164 g/mol. The van der Waals surface area contributed by atoms with Crippen molar-refractivity contribution in [2.24, 2.45) is 0 Å². The molecule has 68 valence electrons. The predicted molar refractivity (Wildman–Crippen MR) is 51.8 cm³/mol. The van der Waals surface area contributed by atoms with Crippen molar-refractivity contribution in [2.75, 3.05) is 6.61 Å². The fraction of sp³-hybridized carbons (Fsp3) is 0.182. The number of carbonyl (C=O) groups excluding carboxylic acids is 1. The summed E-state index contributed by atoms with van der Waals surface area (Å²) in [7, 11) is 0. The molecule has 0 bridgehead atoms. The lowest BCUT2D eigenvalue weighted by molar-refractivity contribution is -0.117. The van der Waals surface area contributed by atoms with Crippen molar-refractivity contribution in [3.63, 3.8) is 0 Å². The smallest absolute Gasteiger partial charge is 0.195 e. The van der Waals surface area contributed by atoms with Crippen molar-refractivity contribution in [3.05, 3.63) is 42.5 Å². The van der Waals surface area contributed by atoms with E-state index in [4.69, 9.17) is 4.74 Å². The molecule has 2 heteroatoms. The van der Waals surface area contributed by atoms with Gasteiger partial charge < -0.3 is 4.74 Å². The van der Waals surface area contributed by atoms with Crippen LogP contribution in [0.4, 0.5) is 0 Å². The van der Waals surface area contributed by atoms with Crippen molar-refractivity contribution in [2.45, 2.75) is 6.92 Å². The highest BCUT2D eigenvalue weighted by Crippen LogP contribution is 2.08. The van der Waals surface area contributed by atoms with Crippen LogP contribution in [-0.2, 0) is 4.79 Å². The number of ether oxygens (including phenoxy) is 1. The van der Waals surface area contributed by atoms with Gasteiger partial charge in [-0.05, 0) is 24.6 Å². The Morgan fingerprint density at radius 1 is 1.38 bits per heavy atom. The highest BCUT2D eigenvalue weighted by Gasteiger charge is 2.02. The Bertz CT molecular complexity index is 301. The van der Waals surface area contributed by atoms with E-state index in [2.05, 4.69) is 6.58 Å². The Balaban J connectivity index is 2.44. The van der Waals surface area contributed by atoms with Crippen LogP contribution in [0.3, 0.4) is 0 Å². The lowest BCUT2D eigenvalue weighted by atomic mass is 10.2. The summed E-state index contributed by atoms with van der Waals surface area (Å²) in [6, 6.07) is 9.24. The third kappa shape index (κ3) is 3.11. The highest BCUT2D eigenvalue weighted by atomic mass is 16.5. The van der Waals surface area contributed by atoms with Crippen molar-refractivity contribution in [1.29, 1.82) is 0 Å². The second-order valence-corrected chi connectivity index (χ2v) is 2.81. The third-order valence-electron chi connectivity index (χ3n) is 1.59. The summed E-state index contributed by atoms with van der Waals surface area (Å²) in [6.45, 7) is 5.28. The molecule has 0 fully saturated rings. The molecule has 1 rings (SSSR count). The highest BCUT2D eigenvalue weighted by molar-refractivity contribution is 5.95. The molecule has 0 radical (unpaired) electrons. The molecule has 0 spiro atoms. The van der Waals surface area contributed by atoms with Gasteiger partial charge in [0.25, 0.3) is 0 Å². The number of para-hydroxylation sites is 1. The van der Waals surface area contributed by atoms with Crippen molar-refractivity contribution in [1.82, 2.24) is 0 Å². The van der Waals surface area contributed by atoms with E-state index >= 15 is 0 Å². The summed E-state index contributed by atoms with van der Waals surface area (Å²) in [5.74, 6) is 0.640. The molecule has 0 aliphatic carbocycles. The van der Waals surface area contributed by atoms with Gasteiger partial charge in [-0.1, -0.05) is 24.8 Å². The first-order valence-electron chi connectivity index (χ1n) is 4.06. The Hall–Kier alpha value is -1.57.